The van der Waals surface area contributed by atoms with E-state index in [0.717, 1.165) is 42.4 Å². The molecule has 46 heavy (non-hydrogen) atoms. The van der Waals surface area contributed by atoms with E-state index in [9.17, 15) is 55.2 Å². The lowest BCUT2D eigenvalue weighted by atomic mass is 9.53. The fourth-order valence-electron chi connectivity index (χ4n) is 5.75. The second kappa shape index (κ2) is 10.6. The van der Waals surface area contributed by atoms with E-state index in [4.69, 9.17) is 4.74 Å². The van der Waals surface area contributed by atoms with Gasteiger partial charge in [-0.05, 0) is 23.8 Å². The molecule has 5 rings (SSSR count). The monoisotopic (exact) mass is 643 g/mol. The van der Waals surface area contributed by atoms with Crippen LogP contribution in [0.1, 0.15) is 27.0 Å². The molecule has 0 aliphatic carbocycles. The van der Waals surface area contributed by atoms with Crippen molar-refractivity contribution in [1.29, 1.82) is 0 Å². The topological polar surface area (TPSA) is 250 Å². The van der Waals surface area contributed by atoms with Gasteiger partial charge in [0.25, 0.3) is 23.7 Å². The Morgan fingerprint density at radius 3 is 2.24 bits per heavy atom. The van der Waals surface area contributed by atoms with E-state index >= 15 is 4.39 Å². The van der Waals surface area contributed by atoms with Crippen LogP contribution in [-0.4, -0.2) is 140 Å². The number of amides is 3. The quantitative estimate of drug-likeness (QED) is 0.0807. The van der Waals surface area contributed by atoms with Crippen molar-refractivity contribution in [3.05, 3.63) is 64.5 Å². The number of morpholine rings is 1. The highest BCUT2D eigenvalue weighted by molar-refractivity contribution is 6.41. The molecule has 3 aliphatic rings. The van der Waals surface area contributed by atoms with Crippen molar-refractivity contribution in [2.45, 2.75) is 59.9 Å². The minimum absolute atomic E-state index is 0.00417. The molecule has 3 amide bonds. The summed E-state index contributed by atoms with van der Waals surface area (Å²) in [4.78, 5) is 39.7. The third kappa shape index (κ3) is 4.94. The predicted octanol–water partition coefficient (Wildman–Crippen LogP) is -8.30. The van der Waals surface area contributed by atoms with E-state index in [0.29, 0.717) is 10.5 Å². The van der Waals surface area contributed by atoms with Gasteiger partial charge in [-0.25, -0.2) is 9.29 Å². The van der Waals surface area contributed by atoms with Crippen molar-refractivity contribution in [1.82, 2.24) is 15.1 Å². The van der Waals surface area contributed by atoms with E-state index in [1.54, 1.807) is 0 Å². The van der Waals surface area contributed by atoms with Crippen molar-refractivity contribution in [2.24, 2.45) is 0 Å². The summed E-state index contributed by atoms with van der Waals surface area (Å²) >= 11 is 0. The first-order chi connectivity index (χ1) is 21.0. The Bertz CT molecular complexity index is 1610. The van der Waals surface area contributed by atoms with Gasteiger partial charge < -0.3 is 50.5 Å². The Balaban J connectivity index is 1.35. The van der Waals surface area contributed by atoms with Crippen LogP contribution in [0.25, 0.3) is 0 Å². The number of imide groups is 1. The summed E-state index contributed by atoms with van der Waals surface area (Å²) in [5.41, 5.74) is -4.30. The molecule has 0 radical (unpaired) electrons. The van der Waals surface area contributed by atoms with E-state index in [1.165, 1.54) is 30.3 Å². The van der Waals surface area contributed by atoms with Gasteiger partial charge >= 0.3 is 11.9 Å². The smallest absolute Gasteiger partial charge is 0.355 e. The molecule has 0 saturated carbocycles. The van der Waals surface area contributed by atoms with Crippen LogP contribution < -0.4 is 10.1 Å². The lowest BCUT2D eigenvalue weighted by molar-refractivity contribution is -0.597. The summed E-state index contributed by atoms with van der Waals surface area (Å²) in [5, 5.41) is 82.8. The van der Waals surface area contributed by atoms with Crippen LogP contribution in [0, 0.1) is 5.82 Å². The Kier molecular flexibility index (Phi) is 7.81. The number of hydrogen-bond donors (Lipinski definition) is 9. The lowest BCUT2D eigenvalue weighted by Gasteiger charge is -2.58. The van der Waals surface area contributed by atoms with E-state index in [2.05, 4.69) is 4.74 Å². The van der Waals surface area contributed by atoms with Gasteiger partial charge in [-0.3, -0.25) is 24.4 Å². The van der Waals surface area contributed by atoms with Crippen LogP contribution in [0.2, 0.25) is 0 Å². The first-order valence-corrected chi connectivity index (χ1v) is 13.9. The minimum Gasteiger partial charge on any atom is -0.488 e. The van der Waals surface area contributed by atoms with Crippen LogP contribution in [0.4, 0.5) is 4.39 Å². The Morgan fingerprint density at radius 1 is 0.957 bits per heavy atom. The third-order valence-corrected chi connectivity index (χ3v) is 9.12. The summed E-state index contributed by atoms with van der Waals surface area (Å²) in [7, 11) is 4.31. The van der Waals surface area contributed by atoms with Gasteiger partial charge in [-0.15, -0.1) is 0 Å². The van der Waals surface area contributed by atoms with Gasteiger partial charge in [0, 0.05) is 28.6 Å². The number of carbonyl (C=O) groups excluding carboxylic acids is 3. The number of fused-ring (bicyclic) bond motifs is 1. The summed E-state index contributed by atoms with van der Waals surface area (Å²) in [6, 6.07) is 6.39. The number of benzene rings is 2. The summed E-state index contributed by atoms with van der Waals surface area (Å²) in [6.07, 6.45) is 0. The second-order valence-electron chi connectivity index (χ2n) is 12.5. The molecular formula is C25H30B4FN3O13. The summed E-state index contributed by atoms with van der Waals surface area (Å²) in [6.45, 7) is -1.26. The zero-order valence-corrected chi connectivity index (χ0v) is 25.1. The van der Waals surface area contributed by atoms with Crippen molar-refractivity contribution < 1.29 is 69.1 Å². The molecule has 0 aromatic heterocycles. The van der Waals surface area contributed by atoms with E-state index in [1.807, 2.05) is 5.32 Å². The van der Waals surface area contributed by atoms with Crippen molar-refractivity contribution in [3.63, 3.8) is 0 Å². The first-order valence-electron chi connectivity index (χ1n) is 13.9. The summed E-state index contributed by atoms with van der Waals surface area (Å²) in [5.74, 6) is -14.2. The van der Waals surface area contributed by atoms with Gasteiger partial charge in [0.15, 0.2) is 7.85 Å². The standard InChI is InChI=1S/C25H30B4FN3O13/c26-20(37)16(17(34)31-19(36)21(20,27)38)32-8-13-12(18(32)35)2-1-3-15(13)45-9-11-5-4-10(6-14(11)30)7-33-22(28,29)24(41,42)46-25(43,44)23(33,39)40/h1-6,16,37-44H,7-9,26-29H2,(H,31,34,36). The fraction of sp³-hybridized carbons (Fsp3) is 0.400. The number of ether oxygens (including phenoxy) is 2. The van der Waals surface area contributed by atoms with Crippen LogP contribution in [0.15, 0.2) is 36.4 Å². The Morgan fingerprint density at radius 2 is 1.61 bits per heavy atom. The minimum atomic E-state index is -3.85. The molecule has 0 bridgehead atoms. The molecule has 21 heteroatoms. The highest BCUT2D eigenvalue weighted by Crippen LogP contribution is 2.42. The molecule has 2 fully saturated rings. The van der Waals surface area contributed by atoms with Crippen molar-refractivity contribution in [2.75, 3.05) is 0 Å². The molecule has 2 saturated heterocycles. The summed E-state index contributed by atoms with van der Waals surface area (Å²) < 4.78 is 25.4. The molecule has 2 aromatic rings. The number of halogens is 1. The predicted molar refractivity (Wildman–Crippen MR) is 159 cm³/mol. The number of aliphatic hydroxyl groups is 8. The van der Waals surface area contributed by atoms with Crippen molar-refractivity contribution >= 4 is 49.1 Å². The zero-order chi connectivity index (χ0) is 34.4. The van der Waals surface area contributed by atoms with Gasteiger partial charge in [-0.2, -0.15) is 0 Å². The Hall–Kier alpha value is -3.36. The number of piperidine rings is 1. The molecule has 0 spiro atoms. The second-order valence-corrected chi connectivity index (χ2v) is 12.5. The molecule has 3 aliphatic heterocycles. The number of hydrogen-bond acceptors (Lipinski definition) is 14. The fourth-order valence-corrected chi connectivity index (χ4v) is 5.75. The average molecular weight is 643 g/mol. The van der Waals surface area contributed by atoms with Crippen LogP contribution in [0.5, 0.6) is 5.75 Å². The molecular weight excluding hydrogens is 613 g/mol. The maximum atomic E-state index is 15.2. The Labute approximate surface area is 263 Å². The SMILES string of the molecule is BC1(O)C(=O)NC(=O)C(N2Cc3c(OCc4ccc(CN5C(B)(B)C(O)(O)OC(O)(O)C5(O)O)cc4F)cccc3C2=O)C1(B)O. The maximum absolute atomic E-state index is 15.2. The van der Waals surface area contributed by atoms with Crippen molar-refractivity contribution in [3.8, 4) is 5.75 Å². The van der Waals surface area contributed by atoms with Gasteiger partial charge in [0.1, 0.15) is 53.3 Å². The molecule has 3 unspecified atom stereocenters. The van der Waals surface area contributed by atoms with Crippen LogP contribution in [0.3, 0.4) is 0 Å². The molecule has 2 aromatic carbocycles. The average Bonchev–Trinajstić information content (AvgIpc) is 3.25. The van der Waals surface area contributed by atoms with E-state index in [-0.39, 0.29) is 35.6 Å². The third-order valence-electron chi connectivity index (χ3n) is 9.12. The van der Waals surface area contributed by atoms with Gasteiger partial charge in [0.05, 0.1) is 12.0 Å². The number of carbonyl (C=O) groups is 3. The zero-order valence-electron chi connectivity index (χ0n) is 25.1. The largest absolute Gasteiger partial charge is 0.488 e. The van der Waals surface area contributed by atoms with E-state index < -0.39 is 70.3 Å². The molecule has 16 nitrogen and oxygen atoms in total. The number of rotatable bonds is 6. The highest BCUT2D eigenvalue weighted by Gasteiger charge is 2.70. The van der Waals surface area contributed by atoms with Crippen LogP contribution >= 0.6 is 0 Å². The first kappa shape index (κ1) is 34.0. The lowest BCUT2D eigenvalue weighted by Crippen LogP contribution is -2.84. The molecule has 242 valence electrons. The van der Waals surface area contributed by atoms with Crippen LogP contribution in [-0.2, 0) is 34.0 Å². The maximum Gasteiger partial charge on any atom is 0.355 e. The number of nitrogens with zero attached hydrogens (tertiary/aromatic N) is 2. The molecule has 9 N–H and O–H groups in total. The normalized spacial score (nSPS) is 29.7. The molecule has 3 atom stereocenters. The molecule has 3 heterocycles. The number of nitrogens with one attached hydrogen (secondary N) is 1. The van der Waals surface area contributed by atoms with Gasteiger partial charge in [0.2, 0.25) is 0 Å². The highest BCUT2D eigenvalue weighted by atomic mass is 19.1. The van der Waals surface area contributed by atoms with Gasteiger partial charge in [-0.1, -0.05) is 18.2 Å².